The van der Waals surface area contributed by atoms with Crippen LogP contribution < -0.4 is 9.62 Å². The minimum absolute atomic E-state index is 0.0248. The Morgan fingerprint density at radius 1 is 1.24 bits per heavy atom. The van der Waals surface area contributed by atoms with E-state index in [1.54, 1.807) is 19.2 Å². The number of anilines is 1. The summed E-state index contributed by atoms with van der Waals surface area (Å²) in [7, 11) is -2.35. The standard InChI is InChI=1S/C25H27F2N3O2S/c1-16(2)8-6-9-17(3)18(4)23-21(27)12-13-22-24(23)30(5)25(29-33(22,31)32)28-15-19-10-7-11-20(26)14-19/h6-14,18H,1,15H2,2-5H3,(H,28,29)/b8-6-,17-9+. The van der Waals surface area contributed by atoms with Crippen molar-refractivity contribution >= 4 is 21.7 Å². The van der Waals surface area contributed by atoms with Crippen LogP contribution in [0.15, 0.2) is 82.2 Å². The molecule has 1 heterocycles. The van der Waals surface area contributed by atoms with Gasteiger partial charge in [0.2, 0.25) is 5.96 Å². The average Bonchev–Trinajstić information content (AvgIpc) is 2.74. The van der Waals surface area contributed by atoms with Crippen molar-refractivity contribution in [3.8, 4) is 0 Å². The van der Waals surface area contributed by atoms with E-state index >= 15 is 4.39 Å². The maximum Gasteiger partial charge on any atom is 0.266 e. The van der Waals surface area contributed by atoms with Gasteiger partial charge in [0.05, 0.1) is 12.2 Å². The van der Waals surface area contributed by atoms with Crippen molar-refractivity contribution in [3.05, 3.63) is 95.1 Å². The summed E-state index contributed by atoms with van der Waals surface area (Å²) in [5, 5.41) is 0. The van der Waals surface area contributed by atoms with Crippen LogP contribution in [0.4, 0.5) is 14.5 Å². The molecule has 0 amide bonds. The van der Waals surface area contributed by atoms with Gasteiger partial charge in [-0.05, 0) is 43.7 Å². The van der Waals surface area contributed by atoms with Crippen molar-refractivity contribution in [2.24, 2.45) is 4.99 Å². The van der Waals surface area contributed by atoms with Gasteiger partial charge < -0.3 is 4.90 Å². The number of fused-ring (bicyclic) bond motifs is 1. The molecule has 0 bridgehead atoms. The molecular formula is C25H27F2N3O2S. The summed E-state index contributed by atoms with van der Waals surface area (Å²) in [5.41, 5.74) is 2.80. The normalized spacial score (nSPS) is 17.7. The number of benzene rings is 2. The molecule has 8 heteroatoms. The molecule has 174 valence electrons. The zero-order valence-corrected chi connectivity index (χ0v) is 19.9. The molecule has 33 heavy (non-hydrogen) atoms. The van der Waals surface area contributed by atoms with Crippen LogP contribution in [0.1, 0.15) is 37.8 Å². The second kappa shape index (κ2) is 9.70. The lowest BCUT2D eigenvalue weighted by Crippen LogP contribution is -2.47. The summed E-state index contributed by atoms with van der Waals surface area (Å²) >= 11 is 0. The molecule has 3 rings (SSSR count). The molecule has 5 nitrogen and oxygen atoms in total. The van der Waals surface area contributed by atoms with Gasteiger partial charge in [-0.25, -0.2) is 26.9 Å². The predicted molar refractivity (Wildman–Crippen MR) is 129 cm³/mol. The summed E-state index contributed by atoms with van der Waals surface area (Å²) in [6.07, 6.45) is 5.52. The van der Waals surface area contributed by atoms with E-state index in [-0.39, 0.29) is 28.7 Å². The minimum atomic E-state index is -3.97. The number of hydrogen-bond donors (Lipinski definition) is 1. The molecule has 1 atom stereocenters. The molecule has 1 unspecified atom stereocenters. The first kappa shape index (κ1) is 24.4. The van der Waals surface area contributed by atoms with Gasteiger partial charge in [-0.2, -0.15) is 0 Å². The third-order valence-electron chi connectivity index (χ3n) is 5.45. The van der Waals surface area contributed by atoms with Gasteiger partial charge in [0.25, 0.3) is 10.0 Å². The van der Waals surface area contributed by atoms with E-state index in [0.29, 0.717) is 5.56 Å². The minimum Gasteiger partial charge on any atom is -0.313 e. The molecular weight excluding hydrogens is 444 g/mol. The first-order chi connectivity index (χ1) is 15.5. The van der Waals surface area contributed by atoms with Crippen LogP contribution in [-0.2, 0) is 16.6 Å². The third-order valence-corrected chi connectivity index (χ3v) is 6.81. The average molecular weight is 472 g/mol. The van der Waals surface area contributed by atoms with E-state index in [9.17, 15) is 12.8 Å². The van der Waals surface area contributed by atoms with E-state index in [0.717, 1.165) is 11.1 Å². The molecule has 0 spiro atoms. The van der Waals surface area contributed by atoms with E-state index < -0.39 is 27.6 Å². The SMILES string of the molecule is C=C(C)/C=C\C=C(/C)C(C)c1c(F)ccc2c1N(C)C(=NCc1cccc(F)c1)NS2(=O)=O. The Morgan fingerprint density at radius 2 is 1.97 bits per heavy atom. The van der Waals surface area contributed by atoms with Crippen molar-refractivity contribution in [1.29, 1.82) is 0 Å². The van der Waals surface area contributed by atoms with Gasteiger partial charge in [0, 0.05) is 18.5 Å². The lowest BCUT2D eigenvalue weighted by atomic mass is 9.91. The smallest absolute Gasteiger partial charge is 0.266 e. The second-order valence-electron chi connectivity index (χ2n) is 8.08. The Hall–Kier alpha value is -3.26. The largest absolute Gasteiger partial charge is 0.313 e. The third kappa shape index (κ3) is 5.39. The number of rotatable bonds is 6. The maximum absolute atomic E-state index is 15.1. The van der Waals surface area contributed by atoms with E-state index in [4.69, 9.17) is 0 Å². The molecule has 1 aliphatic heterocycles. The van der Waals surface area contributed by atoms with Crippen LogP contribution in [0.5, 0.6) is 0 Å². The van der Waals surface area contributed by atoms with Gasteiger partial charge in [-0.15, -0.1) is 0 Å². The van der Waals surface area contributed by atoms with E-state index in [1.165, 1.54) is 29.2 Å². The maximum atomic E-state index is 15.1. The summed E-state index contributed by atoms with van der Waals surface area (Å²) in [4.78, 5) is 5.85. The van der Waals surface area contributed by atoms with Crippen LogP contribution in [-0.4, -0.2) is 21.4 Å². The fraction of sp³-hybridized carbons (Fsp3) is 0.240. The van der Waals surface area contributed by atoms with Crippen LogP contribution in [0.25, 0.3) is 0 Å². The Balaban J connectivity index is 2.08. The number of allylic oxidation sites excluding steroid dienone is 5. The van der Waals surface area contributed by atoms with Gasteiger partial charge in [-0.1, -0.05) is 55.0 Å². The summed E-state index contributed by atoms with van der Waals surface area (Å²) in [6.45, 7) is 9.43. The van der Waals surface area contributed by atoms with Crippen LogP contribution >= 0.6 is 0 Å². The number of sulfonamides is 1. The highest BCUT2D eigenvalue weighted by atomic mass is 32.2. The van der Waals surface area contributed by atoms with Crippen molar-refractivity contribution in [2.75, 3.05) is 11.9 Å². The molecule has 2 aromatic carbocycles. The van der Waals surface area contributed by atoms with Crippen LogP contribution in [0, 0.1) is 11.6 Å². The quantitative estimate of drug-likeness (QED) is 0.572. The van der Waals surface area contributed by atoms with Gasteiger partial charge in [0.1, 0.15) is 16.5 Å². The predicted octanol–water partition coefficient (Wildman–Crippen LogP) is 5.43. The molecule has 0 aromatic heterocycles. The Bertz CT molecular complexity index is 1280. The zero-order valence-electron chi connectivity index (χ0n) is 19.1. The zero-order chi connectivity index (χ0) is 24.3. The molecule has 1 N–H and O–H groups in total. The van der Waals surface area contributed by atoms with Crippen molar-refractivity contribution < 1.29 is 17.2 Å². The fourth-order valence-electron chi connectivity index (χ4n) is 3.56. The van der Waals surface area contributed by atoms with E-state index in [1.807, 2.05) is 39.0 Å². The highest BCUT2D eigenvalue weighted by molar-refractivity contribution is 7.90. The summed E-state index contributed by atoms with van der Waals surface area (Å²) < 4.78 is 57.0. The molecule has 0 aliphatic carbocycles. The summed E-state index contributed by atoms with van der Waals surface area (Å²) in [5.74, 6) is -1.28. The molecule has 0 radical (unpaired) electrons. The van der Waals surface area contributed by atoms with Crippen molar-refractivity contribution in [1.82, 2.24) is 4.72 Å². The van der Waals surface area contributed by atoms with Crippen LogP contribution in [0.2, 0.25) is 0 Å². The van der Waals surface area contributed by atoms with E-state index in [2.05, 4.69) is 16.3 Å². The van der Waals surface area contributed by atoms with Gasteiger partial charge in [0.15, 0.2) is 0 Å². The number of aliphatic imine (C=N–C) groups is 1. The Morgan fingerprint density at radius 3 is 2.64 bits per heavy atom. The first-order valence-corrected chi connectivity index (χ1v) is 11.9. The number of nitrogens with one attached hydrogen (secondary N) is 1. The second-order valence-corrected chi connectivity index (χ2v) is 9.73. The fourth-order valence-corrected chi connectivity index (χ4v) is 4.86. The van der Waals surface area contributed by atoms with Gasteiger partial charge in [-0.3, -0.25) is 0 Å². The highest BCUT2D eigenvalue weighted by Gasteiger charge is 2.35. The molecule has 2 aromatic rings. The monoisotopic (exact) mass is 471 g/mol. The lowest BCUT2D eigenvalue weighted by Gasteiger charge is -2.33. The number of guanidine groups is 1. The number of nitrogens with zero attached hydrogens (tertiary/aromatic N) is 2. The number of halogens is 2. The molecule has 0 saturated heterocycles. The van der Waals surface area contributed by atoms with Crippen molar-refractivity contribution in [3.63, 3.8) is 0 Å². The van der Waals surface area contributed by atoms with Crippen molar-refractivity contribution in [2.45, 2.75) is 38.1 Å². The number of hydrogen-bond acceptors (Lipinski definition) is 3. The molecule has 0 fully saturated rings. The summed E-state index contributed by atoms with van der Waals surface area (Å²) in [6, 6.07) is 8.32. The molecule has 0 saturated carbocycles. The first-order valence-electron chi connectivity index (χ1n) is 10.4. The highest BCUT2D eigenvalue weighted by Crippen LogP contribution is 2.40. The topological polar surface area (TPSA) is 61.8 Å². The van der Waals surface area contributed by atoms with Gasteiger partial charge >= 0.3 is 0 Å². The Kier molecular flexibility index (Phi) is 7.17. The molecule has 1 aliphatic rings. The van der Waals surface area contributed by atoms with Crippen LogP contribution in [0.3, 0.4) is 0 Å². The lowest BCUT2D eigenvalue weighted by molar-refractivity contribution is 0.583. The Labute approximate surface area is 193 Å².